The Bertz CT molecular complexity index is 344. The van der Waals surface area contributed by atoms with Gasteiger partial charge in [-0.2, -0.15) is 0 Å². The van der Waals surface area contributed by atoms with Crippen LogP contribution in [0.5, 0.6) is 0 Å². The summed E-state index contributed by atoms with van der Waals surface area (Å²) in [6.45, 7) is 10.6. The van der Waals surface area contributed by atoms with Gasteiger partial charge in [-0.3, -0.25) is 0 Å². The molecule has 0 bridgehead atoms. The number of rotatable bonds is 3. The van der Waals surface area contributed by atoms with Crippen LogP contribution in [-0.4, -0.2) is 23.6 Å². The van der Waals surface area contributed by atoms with Gasteiger partial charge in [0, 0.05) is 13.6 Å². The molecule has 0 atom stereocenters. The molecule has 0 fully saturated rings. The van der Waals surface area contributed by atoms with Gasteiger partial charge in [-0.1, -0.05) is 12.2 Å². The van der Waals surface area contributed by atoms with E-state index in [1.807, 2.05) is 34.0 Å². The van der Waals surface area contributed by atoms with Crippen LogP contribution in [0.2, 0.25) is 0 Å². The lowest BCUT2D eigenvalue weighted by molar-refractivity contribution is 0.928. The van der Waals surface area contributed by atoms with E-state index >= 15 is 0 Å². The molecule has 1 rings (SSSR count). The molecule has 1 aromatic rings. The van der Waals surface area contributed by atoms with Crippen LogP contribution in [0.3, 0.4) is 0 Å². The Morgan fingerprint density at radius 3 is 2.64 bits per heavy atom. The molecule has 0 unspecified atom stereocenters. The van der Waals surface area contributed by atoms with Crippen molar-refractivity contribution >= 4 is 5.69 Å². The smallest absolute Gasteiger partial charge is 0.125 e. The van der Waals surface area contributed by atoms with E-state index in [9.17, 15) is 0 Å². The first-order valence-electron chi connectivity index (χ1n) is 4.66. The topological polar surface area (TPSA) is 29.0 Å². The third-order valence-electron chi connectivity index (χ3n) is 1.99. The van der Waals surface area contributed by atoms with Gasteiger partial charge in [0.1, 0.15) is 5.82 Å². The predicted octanol–water partition coefficient (Wildman–Crippen LogP) is 2.11. The third-order valence-corrected chi connectivity index (χ3v) is 1.99. The fourth-order valence-corrected chi connectivity index (χ4v) is 1.44. The minimum Gasteiger partial charge on any atom is -0.368 e. The molecular formula is C11H17N3. The molecule has 0 saturated heterocycles. The van der Waals surface area contributed by atoms with Crippen molar-refractivity contribution in [2.45, 2.75) is 20.8 Å². The van der Waals surface area contributed by atoms with Crippen molar-refractivity contribution in [1.29, 1.82) is 0 Å². The Morgan fingerprint density at radius 2 is 2.14 bits per heavy atom. The number of anilines is 1. The van der Waals surface area contributed by atoms with Crippen LogP contribution in [0.4, 0.5) is 5.69 Å². The van der Waals surface area contributed by atoms with Crippen LogP contribution in [0, 0.1) is 13.8 Å². The molecule has 0 aromatic carbocycles. The van der Waals surface area contributed by atoms with E-state index in [0.29, 0.717) is 0 Å². The molecule has 0 amide bonds. The molecule has 1 heterocycles. The summed E-state index contributed by atoms with van der Waals surface area (Å²) in [5.74, 6) is 0.815. The zero-order chi connectivity index (χ0) is 10.7. The Kier molecular flexibility index (Phi) is 3.23. The lowest BCUT2D eigenvalue weighted by Crippen LogP contribution is -2.20. The van der Waals surface area contributed by atoms with Gasteiger partial charge >= 0.3 is 0 Å². The van der Waals surface area contributed by atoms with Gasteiger partial charge in [0.25, 0.3) is 0 Å². The van der Waals surface area contributed by atoms with Gasteiger partial charge in [0.2, 0.25) is 0 Å². The molecule has 0 aliphatic heterocycles. The maximum Gasteiger partial charge on any atom is 0.125 e. The highest BCUT2D eigenvalue weighted by Crippen LogP contribution is 2.15. The summed E-state index contributed by atoms with van der Waals surface area (Å²) in [6.07, 6.45) is 1.86. The van der Waals surface area contributed by atoms with Crippen LogP contribution >= 0.6 is 0 Å². The molecule has 0 aliphatic carbocycles. The molecule has 0 spiro atoms. The molecule has 0 saturated carbocycles. The van der Waals surface area contributed by atoms with E-state index in [1.54, 1.807) is 0 Å². The van der Waals surface area contributed by atoms with Crippen LogP contribution in [0.25, 0.3) is 0 Å². The summed E-state index contributed by atoms with van der Waals surface area (Å²) in [6, 6.07) is 0. The van der Waals surface area contributed by atoms with Crippen molar-refractivity contribution in [2.75, 3.05) is 18.5 Å². The van der Waals surface area contributed by atoms with Crippen LogP contribution in [0.15, 0.2) is 18.3 Å². The monoisotopic (exact) mass is 191 g/mol. The van der Waals surface area contributed by atoms with E-state index in [0.717, 1.165) is 29.3 Å². The summed E-state index contributed by atoms with van der Waals surface area (Å²) < 4.78 is 0. The number of hydrogen-bond donors (Lipinski definition) is 0. The maximum atomic E-state index is 4.32. The molecule has 76 valence electrons. The molecule has 0 radical (unpaired) electrons. The average Bonchev–Trinajstić information content (AvgIpc) is 2.01. The van der Waals surface area contributed by atoms with E-state index < -0.39 is 0 Å². The fraction of sp³-hybridized carbons (Fsp3) is 0.455. The second-order valence-corrected chi connectivity index (χ2v) is 3.70. The van der Waals surface area contributed by atoms with Crippen molar-refractivity contribution in [3.63, 3.8) is 0 Å². The van der Waals surface area contributed by atoms with Crippen molar-refractivity contribution in [3.8, 4) is 0 Å². The van der Waals surface area contributed by atoms with Gasteiger partial charge in [-0.15, -0.1) is 0 Å². The summed E-state index contributed by atoms with van der Waals surface area (Å²) in [4.78, 5) is 10.6. The molecule has 3 heteroatoms. The summed E-state index contributed by atoms with van der Waals surface area (Å²) in [7, 11) is 2.02. The quantitative estimate of drug-likeness (QED) is 0.685. The third kappa shape index (κ3) is 2.55. The lowest BCUT2D eigenvalue weighted by atomic mass is 10.3. The van der Waals surface area contributed by atoms with Crippen LogP contribution in [0.1, 0.15) is 18.4 Å². The first-order chi connectivity index (χ1) is 6.50. The zero-order valence-electron chi connectivity index (χ0n) is 9.33. The van der Waals surface area contributed by atoms with Gasteiger partial charge in [-0.25, -0.2) is 9.97 Å². The van der Waals surface area contributed by atoms with E-state index in [1.165, 1.54) is 0 Å². The number of aromatic nitrogens is 2. The Balaban J connectivity index is 2.90. The highest BCUT2D eigenvalue weighted by atomic mass is 15.1. The summed E-state index contributed by atoms with van der Waals surface area (Å²) in [5.41, 5.74) is 3.22. The predicted molar refractivity (Wildman–Crippen MR) is 59.6 cm³/mol. The maximum absolute atomic E-state index is 4.32. The molecule has 0 N–H and O–H groups in total. The Morgan fingerprint density at radius 1 is 1.50 bits per heavy atom. The summed E-state index contributed by atoms with van der Waals surface area (Å²) in [5, 5.41) is 0. The first-order valence-corrected chi connectivity index (χ1v) is 4.66. The number of likely N-dealkylation sites (N-methyl/N-ethyl adjacent to an activating group) is 1. The second kappa shape index (κ2) is 4.22. The molecule has 0 aliphatic rings. The van der Waals surface area contributed by atoms with Gasteiger partial charge in [0.05, 0.1) is 17.6 Å². The van der Waals surface area contributed by atoms with Crippen molar-refractivity contribution < 1.29 is 0 Å². The molecular weight excluding hydrogens is 174 g/mol. The Labute approximate surface area is 85.5 Å². The lowest BCUT2D eigenvalue weighted by Gasteiger charge is -2.20. The Hall–Kier alpha value is -1.38. The van der Waals surface area contributed by atoms with Crippen molar-refractivity contribution in [2.24, 2.45) is 0 Å². The van der Waals surface area contributed by atoms with Crippen molar-refractivity contribution in [3.05, 3.63) is 29.9 Å². The van der Waals surface area contributed by atoms with E-state index in [4.69, 9.17) is 0 Å². The minimum atomic E-state index is 0.815. The summed E-state index contributed by atoms with van der Waals surface area (Å²) >= 11 is 0. The second-order valence-electron chi connectivity index (χ2n) is 3.70. The first kappa shape index (κ1) is 10.7. The SMILES string of the molecule is C=C(C)CN(C)c1cnc(C)nc1C. The fourth-order valence-electron chi connectivity index (χ4n) is 1.44. The normalized spacial score (nSPS) is 10.0. The molecule has 3 nitrogen and oxygen atoms in total. The average molecular weight is 191 g/mol. The van der Waals surface area contributed by atoms with Crippen LogP contribution < -0.4 is 4.90 Å². The van der Waals surface area contributed by atoms with Gasteiger partial charge < -0.3 is 4.90 Å². The number of hydrogen-bond acceptors (Lipinski definition) is 3. The standard InChI is InChI=1S/C11H17N3/c1-8(2)7-14(5)11-6-12-10(4)13-9(11)3/h6H,1,7H2,2-5H3. The zero-order valence-corrected chi connectivity index (χ0v) is 9.33. The van der Waals surface area contributed by atoms with E-state index in [2.05, 4.69) is 21.4 Å². The van der Waals surface area contributed by atoms with Crippen molar-refractivity contribution in [1.82, 2.24) is 9.97 Å². The molecule has 14 heavy (non-hydrogen) atoms. The largest absolute Gasteiger partial charge is 0.368 e. The minimum absolute atomic E-state index is 0.815. The van der Waals surface area contributed by atoms with E-state index in [-0.39, 0.29) is 0 Å². The molecule has 1 aromatic heterocycles. The van der Waals surface area contributed by atoms with Gasteiger partial charge in [-0.05, 0) is 20.8 Å². The number of nitrogens with zero attached hydrogens (tertiary/aromatic N) is 3. The highest BCUT2D eigenvalue weighted by molar-refractivity contribution is 5.48. The van der Waals surface area contributed by atoms with Gasteiger partial charge in [0.15, 0.2) is 0 Å². The number of aryl methyl sites for hydroxylation is 2. The highest BCUT2D eigenvalue weighted by Gasteiger charge is 2.05. The van der Waals surface area contributed by atoms with Crippen LogP contribution in [-0.2, 0) is 0 Å².